The van der Waals surface area contributed by atoms with Crippen LogP contribution in [0.1, 0.15) is 23.7 Å². The number of hydrogen-bond donors (Lipinski definition) is 0. The molecule has 1 fully saturated rings. The number of benzene rings is 1. The highest BCUT2D eigenvalue weighted by atomic mass is 19.1. The van der Waals surface area contributed by atoms with Crippen molar-refractivity contribution in [2.45, 2.75) is 19.4 Å². The van der Waals surface area contributed by atoms with Gasteiger partial charge >= 0.3 is 0 Å². The maximum absolute atomic E-state index is 13.5. The summed E-state index contributed by atoms with van der Waals surface area (Å²) < 4.78 is 32.0. The molecule has 20 heavy (non-hydrogen) atoms. The Hall–Kier alpha value is -1.33. The molecule has 1 heterocycles. The number of halogens is 2. The standard InChI is InChI=1S/C15H19F2NO2/c1-10-5-6-18(9-15(10)20-2)8-14(19)12-7-11(16)3-4-13(12)17/h3-4,7,10,15H,5-6,8-9H2,1-2H3. The molecule has 0 aromatic heterocycles. The third kappa shape index (κ3) is 3.41. The summed E-state index contributed by atoms with van der Waals surface area (Å²) in [6, 6.07) is 2.95. The van der Waals surface area contributed by atoms with Crippen molar-refractivity contribution in [2.24, 2.45) is 5.92 Å². The molecule has 0 N–H and O–H groups in total. The van der Waals surface area contributed by atoms with Crippen molar-refractivity contribution in [3.63, 3.8) is 0 Å². The van der Waals surface area contributed by atoms with Gasteiger partial charge in [-0.25, -0.2) is 8.78 Å². The summed E-state index contributed by atoms with van der Waals surface area (Å²) in [6.45, 7) is 3.61. The van der Waals surface area contributed by atoms with Gasteiger partial charge in [-0.1, -0.05) is 6.92 Å². The van der Waals surface area contributed by atoms with Gasteiger partial charge < -0.3 is 4.74 Å². The van der Waals surface area contributed by atoms with Crippen LogP contribution in [0, 0.1) is 17.6 Å². The van der Waals surface area contributed by atoms with Gasteiger partial charge in [0.05, 0.1) is 18.2 Å². The minimum absolute atomic E-state index is 0.0777. The van der Waals surface area contributed by atoms with Gasteiger partial charge in [0, 0.05) is 13.7 Å². The van der Waals surface area contributed by atoms with Crippen LogP contribution in [0.4, 0.5) is 8.78 Å². The van der Waals surface area contributed by atoms with Crippen molar-refractivity contribution in [1.29, 1.82) is 0 Å². The summed E-state index contributed by atoms with van der Waals surface area (Å²) in [4.78, 5) is 14.0. The Bertz CT molecular complexity index is 493. The first-order chi connectivity index (χ1) is 9.51. The highest BCUT2D eigenvalue weighted by molar-refractivity contribution is 5.97. The molecule has 2 rings (SSSR count). The van der Waals surface area contributed by atoms with E-state index in [2.05, 4.69) is 6.92 Å². The first-order valence-corrected chi connectivity index (χ1v) is 6.74. The molecular formula is C15H19F2NO2. The molecule has 2 atom stereocenters. The molecule has 0 radical (unpaired) electrons. The molecule has 2 unspecified atom stereocenters. The van der Waals surface area contributed by atoms with Crippen molar-refractivity contribution in [3.8, 4) is 0 Å². The minimum Gasteiger partial charge on any atom is -0.380 e. The molecule has 0 saturated carbocycles. The molecule has 5 heteroatoms. The van der Waals surface area contributed by atoms with E-state index < -0.39 is 17.4 Å². The summed E-state index contributed by atoms with van der Waals surface area (Å²) in [6.07, 6.45) is 1.01. The lowest BCUT2D eigenvalue weighted by Gasteiger charge is -2.35. The molecule has 1 aromatic rings. The highest BCUT2D eigenvalue weighted by Gasteiger charge is 2.27. The van der Waals surface area contributed by atoms with Gasteiger partial charge in [-0.05, 0) is 37.1 Å². The first-order valence-electron chi connectivity index (χ1n) is 6.74. The van der Waals surface area contributed by atoms with E-state index in [1.807, 2.05) is 4.90 Å². The Kier molecular flexibility index (Phi) is 4.83. The SMILES string of the molecule is COC1CN(CC(=O)c2cc(F)ccc2F)CCC1C. The normalized spacial score (nSPS) is 23.8. The van der Waals surface area contributed by atoms with E-state index in [0.29, 0.717) is 12.5 Å². The number of ether oxygens (including phenoxy) is 1. The van der Waals surface area contributed by atoms with Crippen molar-refractivity contribution >= 4 is 5.78 Å². The maximum Gasteiger partial charge on any atom is 0.179 e. The fourth-order valence-electron chi connectivity index (χ4n) is 2.55. The van der Waals surface area contributed by atoms with Crippen LogP contribution in [0.2, 0.25) is 0 Å². The number of likely N-dealkylation sites (tertiary alicyclic amines) is 1. The monoisotopic (exact) mass is 283 g/mol. The van der Waals surface area contributed by atoms with Crippen molar-refractivity contribution in [3.05, 3.63) is 35.4 Å². The lowest BCUT2D eigenvalue weighted by atomic mass is 9.95. The molecular weight excluding hydrogens is 264 g/mol. The first kappa shape index (κ1) is 15.1. The summed E-state index contributed by atoms with van der Waals surface area (Å²) in [7, 11) is 1.65. The predicted octanol–water partition coefficient (Wildman–Crippen LogP) is 2.50. The number of Topliss-reactive ketones (excluding diaryl/α,β-unsaturated/α-hetero) is 1. The van der Waals surface area contributed by atoms with E-state index in [-0.39, 0.29) is 18.2 Å². The van der Waals surface area contributed by atoms with Gasteiger partial charge in [-0.3, -0.25) is 9.69 Å². The second kappa shape index (κ2) is 6.41. The Balaban J connectivity index is 2.03. The van der Waals surface area contributed by atoms with Crippen LogP contribution in [-0.2, 0) is 4.74 Å². The lowest BCUT2D eigenvalue weighted by molar-refractivity contribution is -0.00328. The average molecular weight is 283 g/mol. The number of carbonyl (C=O) groups excluding carboxylic acids is 1. The molecule has 0 aliphatic carbocycles. The highest BCUT2D eigenvalue weighted by Crippen LogP contribution is 2.20. The number of hydrogen-bond acceptors (Lipinski definition) is 3. The molecule has 1 aliphatic heterocycles. The number of methoxy groups -OCH3 is 1. The van der Waals surface area contributed by atoms with Gasteiger partial charge in [0.2, 0.25) is 0 Å². The fraction of sp³-hybridized carbons (Fsp3) is 0.533. The molecule has 0 spiro atoms. The van der Waals surface area contributed by atoms with Crippen LogP contribution in [0.3, 0.4) is 0 Å². The Morgan fingerprint density at radius 2 is 2.20 bits per heavy atom. The van der Waals surface area contributed by atoms with Gasteiger partial charge in [-0.2, -0.15) is 0 Å². The Labute approximate surface area is 117 Å². The van der Waals surface area contributed by atoms with E-state index in [1.54, 1.807) is 7.11 Å². The second-order valence-corrected chi connectivity index (χ2v) is 5.32. The third-order valence-corrected chi connectivity index (χ3v) is 3.87. The molecule has 1 aromatic carbocycles. The molecule has 1 aliphatic rings. The van der Waals surface area contributed by atoms with Gasteiger partial charge in [0.15, 0.2) is 5.78 Å². The van der Waals surface area contributed by atoms with E-state index >= 15 is 0 Å². The van der Waals surface area contributed by atoms with Crippen LogP contribution in [0.25, 0.3) is 0 Å². The molecule has 1 saturated heterocycles. The predicted molar refractivity (Wildman–Crippen MR) is 71.7 cm³/mol. The zero-order chi connectivity index (χ0) is 14.7. The van der Waals surface area contributed by atoms with Gasteiger partial charge in [0.25, 0.3) is 0 Å². The van der Waals surface area contributed by atoms with Crippen molar-refractivity contribution < 1.29 is 18.3 Å². The molecule has 110 valence electrons. The van der Waals surface area contributed by atoms with Crippen molar-refractivity contribution in [2.75, 3.05) is 26.7 Å². The summed E-state index contributed by atoms with van der Waals surface area (Å²) in [5, 5.41) is 0. The van der Waals surface area contributed by atoms with E-state index in [0.717, 1.165) is 31.2 Å². The zero-order valence-electron chi connectivity index (χ0n) is 11.7. The number of ketones is 1. The maximum atomic E-state index is 13.5. The number of carbonyl (C=O) groups is 1. The molecule has 0 bridgehead atoms. The number of rotatable bonds is 4. The topological polar surface area (TPSA) is 29.5 Å². The molecule has 3 nitrogen and oxygen atoms in total. The van der Waals surface area contributed by atoms with Crippen molar-refractivity contribution in [1.82, 2.24) is 4.90 Å². The lowest BCUT2D eigenvalue weighted by Crippen LogP contribution is -2.45. The van der Waals surface area contributed by atoms with Gasteiger partial charge in [0.1, 0.15) is 11.6 Å². The summed E-state index contributed by atoms with van der Waals surface area (Å²) in [5.74, 6) is -1.23. The van der Waals surface area contributed by atoms with E-state index in [1.165, 1.54) is 0 Å². The fourth-order valence-corrected chi connectivity index (χ4v) is 2.55. The van der Waals surface area contributed by atoms with E-state index in [4.69, 9.17) is 4.74 Å². The smallest absolute Gasteiger partial charge is 0.179 e. The zero-order valence-corrected chi connectivity index (χ0v) is 11.7. The van der Waals surface area contributed by atoms with Crippen LogP contribution in [0.15, 0.2) is 18.2 Å². The van der Waals surface area contributed by atoms with Gasteiger partial charge in [-0.15, -0.1) is 0 Å². The van der Waals surface area contributed by atoms with E-state index in [9.17, 15) is 13.6 Å². The largest absolute Gasteiger partial charge is 0.380 e. The molecule has 0 amide bonds. The quantitative estimate of drug-likeness (QED) is 0.795. The Morgan fingerprint density at radius 1 is 1.45 bits per heavy atom. The average Bonchev–Trinajstić information content (AvgIpc) is 2.43. The minimum atomic E-state index is -0.676. The Morgan fingerprint density at radius 3 is 2.90 bits per heavy atom. The van der Waals surface area contributed by atoms with Crippen LogP contribution in [0.5, 0.6) is 0 Å². The van der Waals surface area contributed by atoms with Crippen LogP contribution >= 0.6 is 0 Å². The summed E-state index contributed by atoms with van der Waals surface area (Å²) in [5.41, 5.74) is -0.183. The number of nitrogens with zero attached hydrogens (tertiary/aromatic N) is 1. The number of piperidine rings is 1. The van der Waals surface area contributed by atoms with Crippen LogP contribution in [-0.4, -0.2) is 43.5 Å². The van der Waals surface area contributed by atoms with Crippen LogP contribution < -0.4 is 0 Å². The third-order valence-electron chi connectivity index (χ3n) is 3.87. The summed E-state index contributed by atoms with van der Waals surface area (Å²) >= 11 is 0. The second-order valence-electron chi connectivity index (χ2n) is 5.32.